The smallest absolute Gasteiger partial charge is 0.465 e. The van der Waals surface area contributed by atoms with Gasteiger partial charge in [0.2, 0.25) is 17.7 Å². The second-order valence-electron chi connectivity index (χ2n) is 16.6. The van der Waals surface area contributed by atoms with E-state index in [0.717, 1.165) is 77.0 Å². The number of amides is 3. The van der Waals surface area contributed by atoms with E-state index in [9.17, 15) is 33.4 Å². The molecule has 0 aromatic carbocycles. The van der Waals surface area contributed by atoms with Crippen LogP contribution in [0.1, 0.15) is 194 Å². The summed E-state index contributed by atoms with van der Waals surface area (Å²) in [6, 6.07) is 0. The number of carbonyl (C=O) groups is 5. The highest BCUT2D eigenvalue weighted by molar-refractivity contribution is 7.47. The van der Waals surface area contributed by atoms with Crippen molar-refractivity contribution >= 4 is 37.5 Å². The molecule has 372 valence electrons. The summed E-state index contributed by atoms with van der Waals surface area (Å²) in [5, 5.41) is 7.00. The summed E-state index contributed by atoms with van der Waals surface area (Å²) in [5.41, 5.74) is 5.16. The molecule has 0 saturated heterocycles. The Morgan fingerprint density at radius 3 is 1.31 bits per heavy atom. The molecule has 0 saturated carbocycles. The van der Waals surface area contributed by atoms with E-state index in [1.54, 1.807) is 0 Å². The highest BCUT2D eigenvalue weighted by atomic mass is 31.2. The number of unbranched alkanes of at least 4 members (excludes halogenated alkanes) is 22. The maximum Gasteiger partial charge on any atom is 0.472 e. The Bertz CT molecular complexity index is 1240. The van der Waals surface area contributed by atoms with Gasteiger partial charge in [0.05, 0.1) is 52.0 Å². The summed E-state index contributed by atoms with van der Waals surface area (Å²) in [4.78, 5) is 70.3. The van der Waals surface area contributed by atoms with Crippen LogP contribution in [0.2, 0.25) is 0 Å². The van der Waals surface area contributed by atoms with Crippen molar-refractivity contribution in [3.63, 3.8) is 0 Å². The van der Waals surface area contributed by atoms with Gasteiger partial charge in [-0.15, -0.1) is 0 Å². The molecule has 6 N–H and O–H groups in total. The largest absolute Gasteiger partial charge is 0.472 e. The highest BCUT2D eigenvalue weighted by Crippen LogP contribution is 2.43. The van der Waals surface area contributed by atoms with Crippen LogP contribution in [-0.4, -0.2) is 87.2 Å². The van der Waals surface area contributed by atoms with Crippen LogP contribution in [0.15, 0.2) is 24.3 Å². The van der Waals surface area contributed by atoms with E-state index in [2.05, 4.69) is 54.1 Å². The fourth-order valence-corrected chi connectivity index (χ4v) is 7.33. The first-order valence-corrected chi connectivity index (χ1v) is 26.3. The summed E-state index contributed by atoms with van der Waals surface area (Å²) in [6.07, 6.45) is 39.5. The molecule has 16 heteroatoms. The first-order valence-electron chi connectivity index (χ1n) is 24.8. The van der Waals surface area contributed by atoms with Crippen molar-refractivity contribution in [1.82, 2.24) is 16.0 Å². The second kappa shape index (κ2) is 45.1. The van der Waals surface area contributed by atoms with Gasteiger partial charge in [0.25, 0.3) is 0 Å². The molecule has 15 nitrogen and oxygen atoms in total. The van der Waals surface area contributed by atoms with Crippen LogP contribution in [0.25, 0.3) is 0 Å². The van der Waals surface area contributed by atoms with Gasteiger partial charge in [-0.3, -0.25) is 33.0 Å². The summed E-state index contributed by atoms with van der Waals surface area (Å²) < 4.78 is 33.7. The third kappa shape index (κ3) is 44.1. The molecule has 0 rings (SSSR count). The van der Waals surface area contributed by atoms with E-state index >= 15 is 0 Å². The summed E-state index contributed by atoms with van der Waals surface area (Å²) >= 11 is 0. The number of nitrogens with two attached hydrogens (primary N) is 1. The zero-order valence-electron chi connectivity index (χ0n) is 39.9. The number of phosphoric acid groups is 1. The lowest BCUT2D eigenvalue weighted by atomic mass is 10.1. The molecule has 0 aliphatic rings. The van der Waals surface area contributed by atoms with E-state index in [1.807, 2.05) is 0 Å². The van der Waals surface area contributed by atoms with Gasteiger partial charge in [0.1, 0.15) is 0 Å². The number of phosphoric ester groups is 1. The lowest BCUT2D eigenvalue weighted by Gasteiger charge is -2.19. The monoisotopic (exact) mass is 929 g/mol. The van der Waals surface area contributed by atoms with Crippen molar-refractivity contribution in [3.05, 3.63) is 24.3 Å². The van der Waals surface area contributed by atoms with Crippen LogP contribution in [0, 0.1) is 5.92 Å². The Kier molecular flexibility index (Phi) is 42.9. The molecular weight excluding hydrogens is 840 g/mol. The Balaban J connectivity index is 4.61. The average Bonchev–Trinajstić information content (AvgIpc) is 3.28. The van der Waals surface area contributed by atoms with Crippen molar-refractivity contribution in [2.45, 2.75) is 194 Å². The van der Waals surface area contributed by atoms with Crippen LogP contribution in [0.5, 0.6) is 0 Å². The Morgan fingerprint density at radius 1 is 0.516 bits per heavy atom. The number of carbonyl (C=O) groups excluding carboxylic acids is 5. The van der Waals surface area contributed by atoms with Gasteiger partial charge < -0.3 is 36.1 Å². The predicted molar refractivity (Wildman–Crippen MR) is 254 cm³/mol. The minimum Gasteiger partial charge on any atom is -0.465 e. The van der Waals surface area contributed by atoms with Crippen molar-refractivity contribution in [2.24, 2.45) is 11.7 Å². The average molecular weight is 929 g/mol. The predicted octanol–water partition coefficient (Wildman–Crippen LogP) is 9.20. The van der Waals surface area contributed by atoms with Crippen LogP contribution in [0.3, 0.4) is 0 Å². The summed E-state index contributed by atoms with van der Waals surface area (Å²) in [6.45, 7) is 2.16. The lowest BCUT2D eigenvalue weighted by Crippen LogP contribution is -2.43. The molecule has 1 atom stereocenters. The van der Waals surface area contributed by atoms with Gasteiger partial charge in [-0.2, -0.15) is 0 Å². The second-order valence-corrected chi connectivity index (χ2v) is 18.1. The maximum absolute atomic E-state index is 12.6. The Morgan fingerprint density at radius 2 is 0.891 bits per heavy atom. The van der Waals surface area contributed by atoms with Crippen molar-refractivity contribution in [2.75, 3.05) is 52.6 Å². The topological polar surface area (TPSA) is 222 Å². The van der Waals surface area contributed by atoms with E-state index in [0.29, 0.717) is 12.8 Å². The normalized spacial score (nSPS) is 12.5. The molecule has 0 heterocycles. The number of allylic oxidation sites excluding steroid dienone is 4. The molecule has 0 bridgehead atoms. The molecule has 0 aliphatic carbocycles. The van der Waals surface area contributed by atoms with Crippen LogP contribution in [0.4, 0.5) is 0 Å². The fraction of sp³-hybridized carbons (Fsp3) is 0.812. The number of rotatable bonds is 46. The molecule has 3 amide bonds. The minimum absolute atomic E-state index is 0.169. The molecule has 0 aliphatic heterocycles. The van der Waals surface area contributed by atoms with Gasteiger partial charge in [-0.25, -0.2) is 4.57 Å². The maximum atomic E-state index is 12.6. The number of hydrogen-bond donors (Lipinski definition) is 5. The number of ether oxygens (including phenoxy) is 2. The highest BCUT2D eigenvalue weighted by Gasteiger charge is 2.25. The zero-order valence-corrected chi connectivity index (χ0v) is 40.8. The van der Waals surface area contributed by atoms with E-state index < -0.39 is 56.6 Å². The SMILES string of the molecule is CCCCCCCC/C=C\CCCCCCCC(=O)OCC(COC(=O)CCCCCCC/C=C\CCCCCCCC)COP(=O)(O)OCCNC(=O)CNC(=O)CNC(=O)CN. The quantitative estimate of drug-likeness (QED) is 0.0167. The molecule has 0 aromatic heterocycles. The van der Waals surface area contributed by atoms with E-state index in [4.69, 9.17) is 24.3 Å². The van der Waals surface area contributed by atoms with E-state index in [-0.39, 0.29) is 52.3 Å². The van der Waals surface area contributed by atoms with Crippen molar-refractivity contribution < 1.29 is 52.0 Å². The summed E-state index contributed by atoms with van der Waals surface area (Å²) in [5.74, 6) is -3.25. The number of nitrogens with one attached hydrogen (secondary N) is 3. The van der Waals surface area contributed by atoms with E-state index in [1.165, 1.54) is 77.0 Å². The minimum atomic E-state index is -4.61. The van der Waals surface area contributed by atoms with Crippen LogP contribution < -0.4 is 21.7 Å². The number of esters is 2. The third-order valence-corrected chi connectivity index (χ3v) is 11.5. The summed E-state index contributed by atoms with van der Waals surface area (Å²) in [7, 11) is -4.61. The molecular formula is C48H89N4O11P. The first kappa shape index (κ1) is 60.9. The Hall–Kier alpha value is -3.10. The number of hydrogen-bond acceptors (Lipinski definition) is 11. The van der Waals surface area contributed by atoms with Gasteiger partial charge in [0.15, 0.2) is 0 Å². The van der Waals surface area contributed by atoms with Gasteiger partial charge in [0, 0.05) is 19.4 Å². The first-order chi connectivity index (χ1) is 31.0. The van der Waals surface area contributed by atoms with Gasteiger partial charge in [-0.1, -0.05) is 141 Å². The fourth-order valence-electron chi connectivity index (χ4n) is 6.53. The molecule has 0 fully saturated rings. The molecule has 0 spiro atoms. The van der Waals surface area contributed by atoms with Crippen LogP contribution in [-0.2, 0) is 47.1 Å². The molecule has 0 aromatic rings. The van der Waals surface area contributed by atoms with Gasteiger partial charge in [-0.05, 0) is 64.2 Å². The van der Waals surface area contributed by atoms with Crippen molar-refractivity contribution in [3.8, 4) is 0 Å². The van der Waals surface area contributed by atoms with Gasteiger partial charge >= 0.3 is 19.8 Å². The molecule has 1 unspecified atom stereocenters. The zero-order chi connectivity index (χ0) is 47.2. The van der Waals surface area contributed by atoms with Crippen LogP contribution >= 0.6 is 7.82 Å². The molecule has 0 radical (unpaired) electrons. The van der Waals surface area contributed by atoms with Crippen molar-refractivity contribution in [1.29, 1.82) is 0 Å². The lowest BCUT2D eigenvalue weighted by molar-refractivity contribution is -0.150. The third-order valence-electron chi connectivity index (χ3n) is 10.5. The standard InChI is InChI=1S/C48H89N4O11P/c1-3-5-7-9-11-13-15-17-19-21-23-25-27-29-31-33-47(56)60-40-43(41-61-48(57)34-32-30-28-26-24-22-20-18-16-14-12-10-8-6-4-2)42-63-64(58,59)62-36-35-50-45(54)38-52-46(55)39-51-44(53)37-49/h17-20,43H,3-16,21-42,49H2,1-2H3,(H,50,54)(H,51,53)(H,52,55)(H,58,59)/b19-17-,20-18-. The Labute approximate surface area is 386 Å². The molecule has 64 heavy (non-hydrogen) atoms.